The van der Waals surface area contributed by atoms with Crippen LogP contribution in [0.25, 0.3) is 0 Å². The Morgan fingerprint density at radius 2 is 1.88 bits per heavy atom. The zero-order valence-corrected chi connectivity index (χ0v) is 15.6. The van der Waals surface area contributed by atoms with Crippen molar-refractivity contribution in [3.63, 3.8) is 0 Å². The third kappa shape index (κ3) is 4.22. The molecule has 2 aromatic rings. The van der Waals surface area contributed by atoms with Gasteiger partial charge in [-0.2, -0.15) is 0 Å². The van der Waals surface area contributed by atoms with Gasteiger partial charge in [-0.3, -0.25) is 14.6 Å². The lowest BCUT2D eigenvalue weighted by atomic mass is 10.1. The van der Waals surface area contributed by atoms with Gasteiger partial charge in [0.25, 0.3) is 0 Å². The number of carbonyl (C=O) groups excluding carboxylic acids is 1. The Kier molecular flexibility index (Phi) is 5.76. The molecule has 3 rings (SSSR count). The van der Waals surface area contributed by atoms with Gasteiger partial charge in [0, 0.05) is 49.7 Å². The molecule has 0 aromatic carbocycles. The minimum atomic E-state index is 0.245. The van der Waals surface area contributed by atoms with Crippen molar-refractivity contribution < 1.29 is 9.21 Å². The van der Waals surface area contributed by atoms with E-state index >= 15 is 0 Å². The van der Waals surface area contributed by atoms with Gasteiger partial charge in [-0.25, -0.2) is 0 Å². The van der Waals surface area contributed by atoms with Crippen LogP contribution in [0.3, 0.4) is 0 Å². The highest BCUT2D eigenvalue weighted by Crippen LogP contribution is 2.17. The Bertz CT molecular complexity index is 695. The van der Waals surface area contributed by atoms with E-state index in [0.29, 0.717) is 6.54 Å². The zero-order chi connectivity index (χ0) is 17.8. The summed E-state index contributed by atoms with van der Waals surface area (Å²) in [6.45, 7) is 12.5. The molecule has 5 nitrogen and oxygen atoms in total. The van der Waals surface area contributed by atoms with Crippen molar-refractivity contribution in [1.82, 2.24) is 14.4 Å². The van der Waals surface area contributed by atoms with Crippen LogP contribution >= 0.6 is 0 Å². The quantitative estimate of drug-likeness (QED) is 0.725. The lowest BCUT2D eigenvalue weighted by molar-refractivity contribution is 0.0833. The molecule has 136 valence electrons. The van der Waals surface area contributed by atoms with Crippen molar-refractivity contribution in [2.75, 3.05) is 32.7 Å². The molecule has 5 heteroatoms. The predicted molar refractivity (Wildman–Crippen MR) is 99.0 cm³/mol. The summed E-state index contributed by atoms with van der Waals surface area (Å²) in [6.07, 6.45) is 2.81. The molecular weight excluding hydrogens is 314 g/mol. The average Bonchev–Trinajstić information content (AvgIpc) is 3.20. The third-order valence-corrected chi connectivity index (χ3v) is 5.11. The van der Waals surface area contributed by atoms with E-state index in [4.69, 9.17) is 4.42 Å². The number of hydrogen-bond donors (Lipinski definition) is 0. The highest BCUT2D eigenvalue weighted by molar-refractivity contribution is 5.99. The van der Waals surface area contributed by atoms with Crippen molar-refractivity contribution in [3.05, 3.63) is 47.2 Å². The lowest BCUT2D eigenvalue weighted by Gasteiger charge is -2.33. The normalized spacial score (nSPS) is 16.4. The van der Waals surface area contributed by atoms with Crippen molar-refractivity contribution in [2.45, 2.75) is 40.3 Å². The first kappa shape index (κ1) is 18.0. The first-order valence-electron chi connectivity index (χ1n) is 9.25. The van der Waals surface area contributed by atoms with E-state index in [9.17, 15) is 4.79 Å². The number of hydrogen-bond acceptors (Lipinski definition) is 4. The Labute approximate surface area is 150 Å². The minimum absolute atomic E-state index is 0.245. The maximum Gasteiger partial charge on any atom is 0.178 e. The molecule has 1 aliphatic heterocycles. The summed E-state index contributed by atoms with van der Waals surface area (Å²) in [5.41, 5.74) is 3.19. The number of furan rings is 1. The number of Topliss-reactive ketones (excluding diaryl/α,β-unsaturated/α-hetero) is 1. The van der Waals surface area contributed by atoms with Crippen LogP contribution in [0.1, 0.15) is 40.9 Å². The van der Waals surface area contributed by atoms with Gasteiger partial charge in [0.15, 0.2) is 5.78 Å². The summed E-state index contributed by atoms with van der Waals surface area (Å²) >= 11 is 0. The van der Waals surface area contributed by atoms with Crippen LogP contribution in [0.15, 0.2) is 28.9 Å². The average molecular weight is 343 g/mol. The standard InChI is InChI=1S/C20H29N3O2/c1-4-7-23-16(2)13-19(17(23)3)20(24)15-22-10-8-21(9-11-22)14-18-6-5-12-25-18/h5-6,12-13H,4,7-11,14-15H2,1-3H3. The van der Waals surface area contributed by atoms with Gasteiger partial charge in [0.05, 0.1) is 19.4 Å². The summed E-state index contributed by atoms with van der Waals surface area (Å²) in [6, 6.07) is 6.00. The highest BCUT2D eigenvalue weighted by atomic mass is 16.3. The number of aromatic nitrogens is 1. The third-order valence-electron chi connectivity index (χ3n) is 5.11. The number of carbonyl (C=O) groups is 1. The van der Waals surface area contributed by atoms with Crippen LogP contribution in [0.5, 0.6) is 0 Å². The van der Waals surface area contributed by atoms with Crippen molar-refractivity contribution in [2.24, 2.45) is 0 Å². The second kappa shape index (κ2) is 8.02. The molecule has 0 radical (unpaired) electrons. The summed E-state index contributed by atoms with van der Waals surface area (Å²) in [4.78, 5) is 17.4. The molecule has 3 heterocycles. The summed E-state index contributed by atoms with van der Waals surface area (Å²) in [5, 5.41) is 0. The van der Waals surface area contributed by atoms with Gasteiger partial charge in [-0.15, -0.1) is 0 Å². The molecule has 0 bridgehead atoms. The lowest BCUT2D eigenvalue weighted by Crippen LogP contribution is -2.47. The molecule has 25 heavy (non-hydrogen) atoms. The minimum Gasteiger partial charge on any atom is -0.468 e. The van der Waals surface area contributed by atoms with Crippen molar-refractivity contribution in [3.8, 4) is 0 Å². The Morgan fingerprint density at radius 1 is 1.16 bits per heavy atom. The molecule has 2 aromatic heterocycles. The second-order valence-electron chi connectivity index (χ2n) is 6.99. The predicted octanol–water partition coefficient (Wildman–Crippen LogP) is 3.11. The molecule has 1 fully saturated rings. The second-order valence-corrected chi connectivity index (χ2v) is 6.99. The number of aryl methyl sites for hydroxylation is 1. The first-order chi connectivity index (χ1) is 12.1. The van der Waals surface area contributed by atoms with Gasteiger partial charge in [-0.1, -0.05) is 6.92 Å². The van der Waals surface area contributed by atoms with Crippen LogP contribution in [0.2, 0.25) is 0 Å². The largest absolute Gasteiger partial charge is 0.468 e. The van der Waals surface area contributed by atoms with Crippen LogP contribution in [-0.2, 0) is 13.1 Å². The van der Waals surface area contributed by atoms with Crippen molar-refractivity contribution in [1.29, 1.82) is 0 Å². The van der Waals surface area contributed by atoms with E-state index in [1.165, 1.54) is 5.69 Å². The SMILES string of the molecule is CCCn1c(C)cc(C(=O)CN2CCN(Cc3ccco3)CC2)c1C. The number of ketones is 1. The Morgan fingerprint density at radius 3 is 2.52 bits per heavy atom. The monoisotopic (exact) mass is 343 g/mol. The topological polar surface area (TPSA) is 41.6 Å². The summed E-state index contributed by atoms with van der Waals surface area (Å²) in [5.74, 6) is 1.25. The maximum absolute atomic E-state index is 12.8. The Hall–Kier alpha value is -1.85. The van der Waals surface area contributed by atoms with Gasteiger partial charge in [-0.05, 0) is 38.5 Å². The van der Waals surface area contributed by atoms with Crippen LogP contribution < -0.4 is 0 Å². The molecule has 0 spiro atoms. The fourth-order valence-corrected chi connectivity index (χ4v) is 3.67. The van der Waals surface area contributed by atoms with E-state index in [-0.39, 0.29) is 5.78 Å². The molecule has 1 saturated heterocycles. The van der Waals surface area contributed by atoms with E-state index in [0.717, 1.165) is 62.7 Å². The number of rotatable bonds is 7. The molecular formula is C20H29N3O2. The van der Waals surface area contributed by atoms with Gasteiger partial charge >= 0.3 is 0 Å². The van der Waals surface area contributed by atoms with Crippen molar-refractivity contribution >= 4 is 5.78 Å². The van der Waals surface area contributed by atoms with Gasteiger partial charge in [0.2, 0.25) is 0 Å². The summed E-state index contributed by atoms with van der Waals surface area (Å²) in [7, 11) is 0. The number of nitrogens with zero attached hydrogens (tertiary/aromatic N) is 3. The van der Waals surface area contributed by atoms with Crippen LogP contribution in [-0.4, -0.2) is 52.9 Å². The molecule has 0 saturated carbocycles. The van der Waals surface area contributed by atoms with E-state index in [1.807, 2.05) is 12.1 Å². The fraction of sp³-hybridized carbons (Fsp3) is 0.550. The van der Waals surface area contributed by atoms with Crippen LogP contribution in [0.4, 0.5) is 0 Å². The highest BCUT2D eigenvalue weighted by Gasteiger charge is 2.22. The van der Waals surface area contributed by atoms with E-state index in [2.05, 4.69) is 41.2 Å². The maximum atomic E-state index is 12.8. The van der Waals surface area contributed by atoms with Crippen LogP contribution in [0, 0.1) is 13.8 Å². The molecule has 0 amide bonds. The molecule has 0 N–H and O–H groups in total. The molecule has 1 aliphatic rings. The smallest absolute Gasteiger partial charge is 0.178 e. The number of piperazine rings is 1. The molecule has 0 unspecified atom stereocenters. The van der Waals surface area contributed by atoms with E-state index < -0.39 is 0 Å². The zero-order valence-electron chi connectivity index (χ0n) is 15.6. The Balaban J connectivity index is 1.53. The van der Waals surface area contributed by atoms with E-state index in [1.54, 1.807) is 6.26 Å². The van der Waals surface area contributed by atoms with Gasteiger partial charge in [0.1, 0.15) is 5.76 Å². The fourth-order valence-electron chi connectivity index (χ4n) is 3.67. The molecule has 0 atom stereocenters. The first-order valence-corrected chi connectivity index (χ1v) is 9.25. The van der Waals surface area contributed by atoms with Gasteiger partial charge < -0.3 is 8.98 Å². The molecule has 0 aliphatic carbocycles. The summed E-state index contributed by atoms with van der Waals surface area (Å²) < 4.78 is 7.68.